The second-order valence-electron chi connectivity index (χ2n) is 3.68. The van der Waals surface area contributed by atoms with Crippen LogP contribution in [0.5, 0.6) is 5.75 Å². The molecule has 1 aromatic carbocycles. The van der Waals surface area contributed by atoms with Crippen LogP contribution < -0.4 is 10.1 Å². The molecule has 0 spiro atoms. The predicted molar refractivity (Wildman–Crippen MR) is 66.3 cm³/mol. The highest BCUT2D eigenvalue weighted by molar-refractivity contribution is 6.30. The lowest BCUT2D eigenvalue weighted by Gasteiger charge is -2.13. The SMILES string of the molecule is CCNCc1cc(Cl)ccc1OCCOC(F)(F)F. The van der Waals surface area contributed by atoms with Crippen LogP contribution in [0.3, 0.4) is 0 Å². The largest absolute Gasteiger partial charge is 0.522 e. The third-order valence-corrected chi connectivity index (χ3v) is 2.43. The Kier molecular flexibility index (Phi) is 6.41. The molecule has 0 aliphatic rings. The van der Waals surface area contributed by atoms with Crippen molar-refractivity contribution in [2.75, 3.05) is 19.8 Å². The van der Waals surface area contributed by atoms with Gasteiger partial charge in [-0.15, -0.1) is 13.2 Å². The molecule has 0 radical (unpaired) electrons. The molecule has 0 unspecified atom stereocenters. The summed E-state index contributed by atoms with van der Waals surface area (Å²) < 4.78 is 44.2. The summed E-state index contributed by atoms with van der Waals surface area (Å²) in [7, 11) is 0. The molecule has 1 aromatic rings. The predicted octanol–water partition coefficient (Wildman–Crippen LogP) is 3.36. The minimum Gasteiger partial charge on any atom is -0.491 e. The second kappa shape index (κ2) is 7.57. The maximum Gasteiger partial charge on any atom is 0.522 e. The fourth-order valence-electron chi connectivity index (χ4n) is 1.40. The number of nitrogens with one attached hydrogen (secondary N) is 1. The molecule has 108 valence electrons. The van der Waals surface area contributed by atoms with Crippen molar-refractivity contribution in [1.82, 2.24) is 5.32 Å². The van der Waals surface area contributed by atoms with Crippen LogP contribution in [0.15, 0.2) is 18.2 Å². The van der Waals surface area contributed by atoms with Gasteiger partial charge in [0.25, 0.3) is 0 Å². The van der Waals surface area contributed by atoms with Gasteiger partial charge >= 0.3 is 6.36 Å². The molecule has 7 heteroatoms. The molecular formula is C12H15ClF3NO2. The van der Waals surface area contributed by atoms with E-state index in [9.17, 15) is 13.2 Å². The average Bonchev–Trinajstić information content (AvgIpc) is 2.32. The second-order valence-corrected chi connectivity index (χ2v) is 4.11. The van der Waals surface area contributed by atoms with Crippen LogP contribution in [0.1, 0.15) is 12.5 Å². The fraction of sp³-hybridized carbons (Fsp3) is 0.500. The van der Waals surface area contributed by atoms with Gasteiger partial charge in [0.1, 0.15) is 12.4 Å². The van der Waals surface area contributed by atoms with E-state index in [0.717, 1.165) is 12.1 Å². The molecule has 1 rings (SSSR count). The van der Waals surface area contributed by atoms with Crippen molar-refractivity contribution >= 4 is 11.6 Å². The van der Waals surface area contributed by atoms with Crippen LogP contribution in [0.25, 0.3) is 0 Å². The van der Waals surface area contributed by atoms with E-state index in [0.29, 0.717) is 17.3 Å². The number of alkyl halides is 3. The smallest absolute Gasteiger partial charge is 0.491 e. The topological polar surface area (TPSA) is 30.5 Å². The minimum atomic E-state index is -4.63. The zero-order chi connectivity index (χ0) is 14.3. The third kappa shape index (κ3) is 6.66. The van der Waals surface area contributed by atoms with Crippen molar-refractivity contribution in [2.45, 2.75) is 19.8 Å². The molecule has 0 amide bonds. The van der Waals surface area contributed by atoms with E-state index in [2.05, 4.69) is 10.1 Å². The lowest BCUT2D eigenvalue weighted by atomic mass is 10.2. The first kappa shape index (κ1) is 16.1. The Bertz CT molecular complexity index is 399. The zero-order valence-corrected chi connectivity index (χ0v) is 11.1. The summed E-state index contributed by atoms with van der Waals surface area (Å²) in [6.07, 6.45) is -4.63. The fourth-order valence-corrected chi connectivity index (χ4v) is 1.59. The van der Waals surface area contributed by atoms with E-state index in [1.165, 1.54) is 0 Å². The van der Waals surface area contributed by atoms with Crippen molar-refractivity contribution in [3.8, 4) is 5.75 Å². The normalized spacial score (nSPS) is 11.6. The van der Waals surface area contributed by atoms with Crippen molar-refractivity contribution in [3.63, 3.8) is 0 Å². The van der Waals surface area contributed by atoms with Gasteiger partial charge in [-0.2, -0.15) is 0 Å². The Morgan fingerprint density at radius 3 is 2.63 bits per heavy atom. The van der Waals surface area contributed by atoms with Crippen LogP contribution >= 0.6 is 11.6 Å². The van der Waals surface area contributed by atoms with Crippen molar-refractivity contribution in [2.24, 2.45) is 0 Å². The van der Waals surface area contributed by atoms with Crippen molar-refractivity contribution in [1.29, 1.82) is 0 Å². The molecule has 0 saturated carbocycles. The molecule has 0 aromatic heterocycles. The Morgan fingerprint density at radius 1 is 1.26 bits per heavy atom. The van der Waals surface area contributed by atoms with Gasteiger partial charge in [0.05, 0.1) is 6.61 Å². The first-order valence-corrected chi connectivity index (χ1v) is 6.13. The van der Waals surface area contributed by atoms with Gasteiger partial charge in [-0.25, -0.2) is 0 Å². The molecular weight excluding hydrogens is 283 g/mol. The number of benzene rings is 1. The number of halogens is 4. The molecule has 0 fully saturated rings. The molecule has 0 atom stereocenters. The van der Waals surface area contributed by atoms with Gasteiger partial charge in [0.2, 0.25) is 0 Å². The molecule has 1 N–H and O–H groups in total. The van der Waals surface area contributed by atoms with E-state index in [4.69, 9.17) is 16.3 Å². The molecule has 3 nitrogen and oxygen atoms in total. The highest BCUT2D eigenvalue weighted by Crippen LogP contribution is 2.23. The van der Waals surface area contributed by atoms with Gasteiger partial charge < -0.3 is 10.1 Å². The molecule has 0 aliphatic heterocycles. The van der Waals surface area contributed by atoms with Gasteiger partial charge in [-0.05, 0) is 24.7 Å². The molecule has 19 heavy (non-hydrogen) atoms. The summed E-state index contributed by atoms with van der Waals surface area (Å²) in [5.41, 5.74) is 0.793. The Labute approximate surface area is 114 Å². The molecule has 0 bridgehead atoms. The summed E-state index contributed by atoms with van der Waals surface area (Å²) in [6, 6.07) is 4.96. The van der Waals surface area contributed by atoms with Crippen LogP contribution in [0, 0.1) is 0 Å². The number of hydrogen-bond acceptors (Lipinski definition) is 3. The highest BCUT2D eigenvalue weighted by Gasteiger charge is 2.28. The van der Waals surface area contributed by atoms with Crippen LogP contribution in [-0.2, 0) is 11.3 Å². The summed E-state index contributed by atoms with van der Waals surface area (Å²) in [5.74, 6) is 0.496. The minimum absolute atomic E-state index is 0.180. The quantitative estimate of drug-likeness (QED) is 0.783. The first-order chi connectivity index (χ1) is 8.92. The van der Waals surface area contributed by atoms with Gasteiger partial charge in [0, 0.05) is 17.1 Å². The van der Waals surface area contributed by atoms with E-state index < -0.39 is 13.0 Å². The van der Waals surface area contributed by atoms with Crippen LogP contribution in [-0.4, -0.2) is 26.1 Å². The number of hydrogen-bond donors (Lipinski definition) is 1. The van der Waals surface area contributed by atoms with E-state index in [-0.39, 0.29) is 6.61 Å². The maximum absolute atomic E-state index is 11.8. The van der Waals surface area contributed by atoms with Crippen molar-refractivity contribution in [3.05, 3.63) is 28.8 Å². The van der Waals surface area contributed by atoms with E-state index in [1.54, 1.807) is 18.2 Å². The number of rotatable bonds is 7. The van der Waals surface area contributed by atoms with Crippen LogP contribution in [0.4, 0.5) is 13.2 Å². The lowest BCUT2D eigenvalue weighted by molar-refractivity contribution is -0.325. The number of ether oxygens (including phenoxy) is 2. The highest BCUT2D eigenvalue weighted by atomic mass is 35.5. The maximum atomic E-state index is 11.8. The van der Waals surface area contributed by atoms with Gasteiger partial charge in [-0.3, -0.25) is 4.74 Å². The van der Waals surface area contributed by atoms with Crippen LogP contribution in [0.2, 0.25) is 5.02 Å². The summed E-state index contributed by atoms with van der Waals surface area (Å²) in [4.78, 5) is 0. The Morgan fingerprint density at radius 2 is 2.00 bits per heavy atom. The monoisotopic (exact) mass is 297 g/mol. The zero-order valence-electron chi connectivity index (χ0n) is 10.4. The Hall–Kier alpha value is -0.980. The molecule has 0 saturated heterocycles. The molecule has 0 heterocycles. The van der Waals surface area contributed by atoms with E-state index in [1.807, 2.05) is 6.92 Å². The lowest BCUT2D eigenvalue weighted by Crippen LogP contribution is -2.19. The summed E-state index contributed by atoms with van der Waals surface area (Å²) >= 11 is 5.86. The summed E-state index contributed by atoms with van der Waals surface area (Å²) in [5, 5.41) is 3.64. The van der Waals surface area contributed by atoms with Gasteiger partial charge in [0.15, 0.2) is 0 Å². The molecule has 0 aliphatic carbocycles. The third-order valence-electron chi connectivity index (χ3n) is 2.19. The standard InChI is InChI=1S/C12H15ClF3NO2/c1-2-17-8-9-7-10(13)3-4-11(9)18-5-6-19-12(14,15)16/h3-4,7,17H,2,5-6,8H2,1H3. The van der Waals surface area contributed by atoms with E-state index >= 15 is 0 Å². The van der Waals surface area contributed by atoms with Gasteiger partial charge in [-0.1, -0.05) is 18.5 Å². The van der Waals surface area contributed by atoms with Crippen molar-refractivity contribution < 1.29 is 22.6 Å². The first-order valence-electron chi connectivity index (χ1n) is 5.75. The summed E-state index contributed by atoms with van der Waals surface area (Å²) in [6.45, 7) is 2.52. The average molecular weight is 298 g/mol. The Balaban J connectivity index is 2.52.